The van der Waals surface area contributed by atoms with E-state index in [-0.39, 0.29) is 11.3 Å². The maximum Gasteiger partial charge on any atom is 0.254 e. The van der Waals surface area contributed by atoms with Crippen LogP contribution in [0.25, 0.3) is 0 Å². The van der Waals surface area contributed by atoms with Gasteiger partial charge < -0.3 is 5.32 Å². The standard InChI is InChI=1S/C13H19ClN2O/c1-9(13(2,3)4)7-16-12(17)10-8-15-6-5-11(10)14/h5-6,8-9H,7H2,1-4H3,(H,16,17). The number of amides is 1. The lowest BCUT2D eigenvalue weighted by atomic mass is 9.82. The van der Waals surface area contributed by atoms with Crippen LogP contribution in [0.3, 0.4) is 0 Å². The van der Waals surface area contributed by atoms with E-state index in [1.807, 2.05) is 0 Å². The number of carbonyl (C=O) groups excluding carboxylic acids is 1. The molecule has 0 aliphatic carbocycles. The first kappa shape index (κ1) is 14.0. The Kier molecular flexibility index (Phi) is 4.52. The van der Waals surface area contributed by atoms with Crippen LogP contribution in [0.1, 0.15) is 38.1 Å². The van der Waals surface area contributed by atoms with Gasteiger partial charge >= 0.3 is 0 Å². The molecule has 1 N–H and O–H groups in total. The Morgan fingerprint density at radius 1 is 1.53 bits per heavy atom. The molecule has 94 valence electrons. The Hall–Kier alpha value is -1.09. The first-order valence-corrected chi connectivity index (χ1v) is 6.08. The summed E-state index contributed by atoms with van der Waals surface area (Å²) in [5.41, 5.74) is 0.599. The molecule has 1 aromatic rings. The van der Waals surface area contributed by atoms with Gasteiger partial charge in [0.2, 0.25) is 0 Å². The van der Waals surface area contributed by atoms with Gasteiger partial charge in [-0.15, -0.1) is 0 Å². The number of aromatic nitrogens is 1. The molecule has 4 heteroatoms. The summed E-state index contributed by atoms with van der Waals surface area (Å²) in [7, 11) is 0. The monoisotopic (exact) mass is 254 g/mol. The Morgan fingerprint density at radius 3 is 2.71 bits per heavy atom. The third-order valence-electron chi connectivity index (χ3n) is 3.06. The third kappa shape index (κ3) is 4.00. The van der Waals surface area contributed by atoms with E-state index >= 15 is 0 Å². The molecule has 0 radical (unpaired) electrons. The molecule has 0 fully saturated rings. The number of pyridine rings is 1. The van der Waals surface area contributed by atoms with Gasteiger partial charge in [0.25, 0.3) is 5.91 Å². The SMILES string of the molecule is CC(CNC(=O)c1cnccc1Cl)C(C)(C)C. The summed E-state index contributed by atoms with van der Waals surface area (Å²) in [4.78, 5) is 15.8. The molecule has 0 saturated carbocycles. The fourth-order valence-electron chi connectivity index (χ4n) is 1.19. The van der Waals surface area contributed by atoms with Crippen molar-refractivity contribution in [1.82, 2.24) is 10.3 Å². The predicted octanol–water partition coefficient (Wildman–Crippen LogP) is 3.15. The number of carbonyl (C=O) groups is 1. The number of hydrogen-bond donors (Lipinski definition) is 1. The van der Waals surface area contributed by atoms with E-state index in [1.54, 1.807) is 12.3 Å². The summed E-state index contributed by atoms with van der Waals surface area (Å²) in [5, 5.41) is 3.31. The first-order chi connectivity index (χ1) is 7.82. The van der Waals surface area contributed by atoms with Crippen molar-refractivity contribution in [1.29, 1.82) is 0 Å². The smallest absolute Gasteiger partial charge is 0.254 e. The molecule has 1 rings (SSSR count). The molecule has 0 saturated heterocycles. The third-order valence-corrected chi connectivity index (χ3v) is 3.39. The number of hydrogen-bond acceptors (Lipinski definition) is 2. The van der Waals surface area contributed by atoms with Crippen molar-refractivity contribution in [3.8, 4) is 0 Å². The minimum Gasteiger partial charge on any atom is -0.352 e. The van der Waals surface area contributed by atoms with Crippen LogP contribution in [0.15, 0.2) is 18.5 Å². The molecule has 1 heterocycles. The second kappa shape index (κ2) is 5.50. The van der Waals surface area contributed by atoms with Crippen molar-refractivity contribution in [2.45, 2.75) is 27.7 Å². The summed E-state index contributed by atoms with van der Waals surface area (Å²) in [5.74, 6) is 0.223. The van der Waals surface area contributed by atoms with Gasteiger partial charge in [-0.2, -0.15) is 0 Å². The van der Waals surface area contributed by atoms with Crippen LogP contribution in [0.5, 0.6) is 0 Å². The van der Waals surface area contributed by atoms with E-state index in [0.717, 1.165) is 0 Å². The lowest BCUT2D eigenvalue weighted by molar-refractivity contribution is 0.0937. The summed E-state index contributed by atoms with van der Waals surface area (Å²) in [6.45, 7) is 9.21. The van der Waals surface area contributed by atoms with Crippen LogP contribution >= 0.6 is 11.6 Å². The van der Waals surface area contributed by atoms with Crippen molar-refractivity contribution in [2.24, 2.45) is 11.3 Å². The fourth-order valence-corrected chi connectivity index (χ4v) is 1.38. The van der Waals surface area contributed by atoms with Crippen molar-refractivity contribution in [2.75, 3.05) is 6.54 Å². The van der Waals surface area contributed by atoms with E-state index in [9.17, 15) is 4.79 Å². The van der Waals surface area contributed by atoms with E-state index in [2.05, 4.69) is 38.0 Å². The van der Waals surface area contributed by atoms with Gasteiger partial charge in [-0.05, 0) is 17.4 Å². The highest BCUT2D eigenvalue weighted by molar-refractivity contribution is 6.33. The molecular weight excluding hydrogens is 236 g/mol. The van der Waals surface area contributed by atoms with Crippen molar-refractivity contribution in [3.63, 3.8) is 0 Å². The van der Waals surface area contributed by atoms with Gasteiger partial charge in [-0.3, -0.25) is 9.78 Å². The van der Waals surface area contributed by atoms with Crippen molar-refractivity contribution >= 4 is 17.5 Å². The average Bonchev–Trinajstić information content (AvgIpc) is 2.24. The molecule has 1 aromatic heterocycles. The molecule has 0 bridgehead atoms. The molecule has 0 aliphatic rings. The van der Waals surface area contributed by atoms with Crippen molar-refractivity contribution in [3.05, 3.63) is 29.0 Å². The molecule has 0 aromatic carbocycles. The van der Waals surface area contributed by atoms with Crippen LogP contribution in [0.4, 0.5) is 0 Å². The number of halogens is 1. The molecule has 1 atom stereocenters. The highest BCUT2D eigenvalue weighted by Crippen LogP contribution is 2.24. The van der Waals surface area contributed by atoms with Crippen LogP contribution < -0.4 is 5.32 Å². The van der Waals surface area contributed by atoms with Crippen LogP contribution in [0, 0.1) is 11.3 Å². The number of rotatable bonds is 3. The van der Waals surface area contributed by atoms with E-state index in [1.165, 1.54) is 6.20 Å². The highest BCUT2D eigenvalue weighted by Gasteiger charge is 2.21. The normalized spacial score (nSPS) is 13.2. The number of nitrogens with zero attached hydrogens (tertiary/aromatic N) is 1. The highest BCUT2D eigenvalue weighted by atomic mass is 35.5. The zero-order valence-electron chi connectivity index (χ0n) is 10.7. The Bertz CT molecular complexity index is 399. The van der Waals surface area contributed by atoms with Gasteiger partial charge in [0.05, 0.1) is 10.6 Å². The minimum atomic E-state index is -0.167. The van der Waals surface area contributed by atoms with Gasteiger partial charge in [0.15, 0.2) is 0 Å². The largest absolute Gasteiger partial charge is 0.352 e. The van der Waals surface area contributed by atoms with Gasteiger partial charge in [-0.25, -0.2) is 0 Å². The quantitative estimate of drug-likeness (QED) is 0.900. The summed E-state index contributed by atoms with van der Waals surface area (Å²) in [6, 6.07) is 1.61. The maximum absolute atomic E-state index is 11.9. The van der Waals surface area contributed by atoms with Crippen LogP contribution in [-0.4, -0.2) is 17.4 Å². The average molecular weight is 255 g/mol. The maximum atomic E-state index is 11.9. The van der Waals surface area contributed by atoms with Gasteiger partial charge in [0.1, 0.15) is 0 Å². The van der Waals surface area contributed by atoms with E-state index in [0.29, 0.717) is 23.0 Å². The molecule has 17 heavy (non-hydrogen) atoms. The minimum absolute atomic E-state index is 0.167. The number of nitrogens with one attached hydrogen (secondary N) is 1. The lowest BCUT2D eigenvalue weighted by Crippen LogP contribution is -2.33. The zero-order valence-corrected chi connectivity index (χ0v) is 11.5. The Labute approximate surface area is 108 Å². The van der Waals surface area contributed by atoms with E-state index in [4.69, 9.17) is 11.6 Å². The molecule has 3 nitrogen and oxygen atoms in total. The summed E-state index contributed by atoms with van der Waals surface area (Å²) >= 11 is 5.92. The topological polar surface area (TPSA) is 42.0 Å². The first-order valence-electron chi connectivity index (χ1n) is 5.70. The molecular formula is C13H19ClN2O. The Balaban J connectivity index is 2.60. The lowest BCUT2D eigenvalue weighted by Gasteiger charge is -2.27. The molecule has 1 amide bonds. The summed E-state index contributed by atoms with van der Waals surface area (Å²) in [6.07, 6.45) is 3.05. The Morgan fingerprint density at radius 2 is 2.18 bits per heavy atom. The second-order valence-corrected chi connectivity index (χ2v) is 5.74. The van der Waals surface area contributed by atoms with Gasteiger partial charge in [0, 0.05) is 18.9 Å². The summed E-state index contributed by atoms with van der Waals surface area (Å²) < 4.78 is 0. The van der Waals surface area contributed by atoms with Crippen molar-refractivity contribution < 1.29 is 4.79 Å². The molecule has 0 aliphatic heterocycles. The second-order valence-electron chi connectivity index (χ2n) is 5.33. The fraction of sp³-hybridized carbons (Fsp3) is 0.538. The molecule has 1 unspecified atom stereocenters. The predicted molar refractivity (Wildman–Crippen MR) is 70.2 cm³/mol. The van der Waals surface area contributed by atoms with Gasteiger partial charge in [-0.1, -0.05) is 39.3 Å². The van der Waals surface area contributed by atoms with Crippen LogP contribution in [-0.2, 0) is 0 Å². The van der Waals surface area contributed by atoms with Crippen LogP contribution in [0.2, 0.25) is 5.02 Å². The zero-order chi connectivity index (χ0) is 13.1. The van der Waals surface area contributed by atoms with E-state index < -0.39 is 0 Å². The molecule has 0 spiro atoms.